The summed E-state index contributed by atoms with van der Waals surface area (Å²) in [5, 5.41) is 2.98. The van der Waals surface area contributed by atoms with Crippen molar-refractivity contribution in [1.29, 1.82) is 0 Å². The SMILES string of the molecule is O=C(Nc1ccccc1)N(C[C@H]1CCOC1)C1CC1. The number of urea groups is 1. The zero-order valence-electron chi connectivity index (χ0n) is 11.0. The number of nitrogens with zero attached hydrogens (tertiary/aromatic N) is 1. The van der Waals surface area contributed by atoms with Gasteiger partial charge in [-0.05, 0) is 31.4 Å². The first-order valence-corrected chi connectivity index (χ1v) is 7.03. The highest BCUT2D eigenvalue weighted by molar-refractivity contribution is 5.89. The van der Waals surface area contributed by atoms with Crippen molar-refractivity contribution in [3.63, 3.8) is 0 Å². The molecule has 0 bridgehead atoms. The maximum absolute atomic E-state index is 12.4. The lowest BCUT2D eigenvalue weighted by atomic mass is 10.1. The minimum absolute atomic E-state index is 0.0283. The Labute approximate surface area is 113 Å². The Balaban J connectivity index is 1.61. The highest BCUT2D eigenvalue weighted by Crippen LogP contribution is 2.29. The van der Waals surface area contributed by atoms with Crippen LogP contribution >= 0.6 is 0 Å². The van der Waals surface area contributed by atoms with Crippen LogP contribution in [0.1, 0.15) is 19.3 Å². The van der Waals surface area contributed by atoms with E-state index < -0.39 is 0 Å². The summed E-state index contributed by atoms with van der Waals surface area (Å²) in [5.41, 5.74) is 0.862. The van der Waals surface area contributed by atoms with Crippen molar-refractivity contribution >= 4 is 11.7 Å². The van der Waals surface area contributed by atoms with Crippen LogP contribution in [0.15, 0.2) is 30.3 Å². The van der Waals surface area contributed by atoms with Crippen molar-refractivity contribution in [2.75, 3.05) is 25.1 Å². The molecule has 2 aliphatic rings. The van der Waals surface area contributed by atoms with Crippen LogP contribution in [0.3, 0.4) is 0 Å². The second kappa shape index (κ2) is 5.61. The number of carbonyl (C=O) groups is 1. The number of benzene rings is 1. The van der Waals surface area contributed by atoms with Gasteiger partial charge in [0.2, 0.25) is 0 Å². The van der Waals surface area contributed by atoms with Crippen LogP contribution in [0, 0.1) is 5.92 Å². The summed E-state index contributed by atoms with van der Waals surface area (Å²) in [6.07, 6.45) is 3.34. The van der Waals surface area contributed by atoms with Gasteiger partial charge >= 0.3 is 6.03 Å². The fourth-order valence-corrected chi connectivity index (χ4v) is 2.51. The predicted octanol–water partition coefficient (Wildman–Crippen LogP) is 2.72. The maximum atomic E-state index is 12.4. The van der Waals surface area contributed by atoms with E-state index in [1.54, 1.807) is 0 Å². The summed E-state index contributed by atoms with van der Waals surface area (Å²) in [4.78, 5) is 14.3. The quantitative estimate of drug-likeness (QED) is 0.904. The van der Waals surface area contributed by atoms with E-state index in [1.807, 2.05) is 35.2 Å². The Bertz CT molecular complexity index is 425. The van der Waals surface area contributed by atoms with E-state index in [9.17, 15) is 4.79 Å². The predicted molar refractivity (Wildman–Crippen MR) is 74.1 cm³/mol. The van der Waals surface area contributed by atoms with Gasteiger partial charge in [0.1, 0.15) is 0 Å². The van der Waals surface area contributed by atoms with Crippen molar-refractivity contribution in [2.24, 2.45) is 5.92 Å². The zero-order chi connectivity index (χ0) is 13.1. The molecule has 1 aromatic rings. The monoisotopic (exact) mass is 260 g/mol. The molecule has 4 heteroatoms. The van der Waals surface area contributed by atoms with Crippen LogP contribution < -0.4 is 5.32 Å². The minimum Gasteiger partial charge on any atom is -0.381 e. The molecule has 0 radical (unpaired) electrons. The van der Waals surface area contributed by atoms with Crippen LogP contribution in [0.5, 0.6) is 0 Å². The van der Waals surface area contributed by atoms with Gasteiger partial charge in [-0.25, -0.2) is 4.79 Å². The molecule has 102 valence electrons. The van der Waals surface area contributed by atoms with Crippen LogP contribution in [-0.4, -0.2) is 36.7 Å². The molecule has 4 nitrogen and oxygen atoms in total. The summed E-state index contributed by atoms with van der Waals surface area (Å²) in [6.45, 7) is 2.45. The Morgan fingerprint density at radius 1 is 1.26 bits per heavy atom. The summed E-state index contributed by atoms with van der Waals surface area (Å²) in [7, 11) is 0. The molecule has 1 atom stereocenters. The number of ether oxygens (including phenoxy) is 1. The van der Waals surface area contributed by atoms with Crippen molar-refractivity contribution in [1.82, 2.24) is 4.90 Å². The summed E-state index contributed by atoms with van der Waals surface area (Å²) in [5.74, 6) is 0.502. The number of nitrogens with one attached hydrogen (secondary N) is 1. The molecule has 1 N–H and O–H groups in total. The topological polar surface area (TPSA) is 41.6 Å². The fraction of sp³-hybridized carbons (Fsp3) is 0.533. The first kappa shape index (κ1) is 12.5. The lowest BCUT2D eigenvalue weighted by molar-refractivity contribution is 0.167. The Morgan fingerprint density at radius 2 is 2.05 bits per heavy atom. The molecule has 19 heavy (non-hydrogen) atoms. The molecule has 0 aromatic heterocycles. The lowest BCUT2D eigenvalue weighted by Gasteiger charge is -2.25. The van der Waals surface area contributed by atoms with E-state index in [1.165, 1.54) is 0 Å². The number of anilines is 1. The number of carbonyl (C=O) groups excluding carboxylic acids is 1. The molecule has 2 fully saturated rings. The largest absolute Gasteiger partial charge is 0.381 e. The van der Waals surface area contributed by atoms with E-state index in [0.29, 0.717) is 12.0 Å². The smallest absolute Gasteiger partial charge is 0.322 e. The Hall–Kier alpha value is -1.55. The molecular formula is C15H20N2O2. The van der Waals surface area contributed by atoms with Gasteiger partial charge in [0.05, 0.1) is 6.61 Å². The third-order valence-electron chi connectivity index (χ3n) is 3.75. The molecule has 1 aliphatic carbocycles. The number of para-hydroxylation sites is 1. The molecule has 1 saturated heterocycles. The van der Waals surface area contributed by atoms with Gasteiger partial charge in [0.15, 0.2) is 0 Å². The fourth-order valence-electron chi connectivity index (χ4n) is 2.51. The maximum Gasteiger partial charge on any atom is 0.322 e. The molecule has 1 heterocycles. The van der Waals surface area contributed by atoms with Gasteiger partial charge in [-0.1, -0.05) is 18.2 Å². The molecular weight excluding hydrogens is 240 g/mol. The van der Waals surface area contributed by atoms with Crippen LogP contribution in [0.25, 0.3) is 0 Å². The summed E-state index contributed by atoms with van der Waals surface area (Å²) < 4.78 is 5.40. The van der Waals surface area contributed by atoms with Crippen LogP contribution in [0.2, 0.25) is 0 Å². The first-order chi connectivity index (χ1) is 9.33. The second-order valence-corrected chi connectivity index (χ2v) is 5.41. The second-order valence-electron chi connectivity index (χ2n) is 5.41. The number of rotatable bonds is 4. The zero-order valence-corrected chi connectivity index (χ0v) is 11.0. The van der Waals surface area contributed by atoms with Gasteiger partial charge in [0.25, 0.3) is 0 Å². The number of hydrogen-bond acceptors (Lipinski definition) is 2. The molecule has 1 aliphatic heterocycles. The minimum atomic E-state index is 0.0283. The van der Waals surface area contributed by atoms with E-state index in [2.05, 4.69) is 5.32 Å². The van der Waals surface area contributed by atoms with Crippen LogP contribution in [0.4, 0.5) is 10.5 Å². The third kappa shape index (κ3) is 3.26. The molecule has 2 amide bonds. The van der Waals surface area contributed by atoms with Gasteiger partial charge < -0.3 is 15.0 Å². The summed E-state index contributed by atoms with van der Waals surface area (Å²) in [6, 6.07) is 10.1. The van der Waals surface area contributed by atoms with Gasteiger partial charge in [-0.15, -0.1) is 0 Å². The van der Waals surface area contributed by atoms with E-state index in [-0.39, 0.29) is 6.03 Å². The first-order valence-electron chi connectivity index (χ1n) is 7.03. The Morgan fingerprint density at radius 3 is 2.68 bits per heavy atom. The lowest BCUT2D eigenvalue weighted by Crippen LogP contribution is -2.40. The standard InChI is InChI=1S/C15H20N2O2/c18-15(16-13-4-2-1-3-5-13)17(14-6-7-14)10-12-8-9-19-11-12/h1-5,12,14H,6-11H2,(H,16,18)/t12-/m1/s1. The average molecular weight is 260 g/mol. The van der Waals surface area contributed by atoms with E-state index in [4.69, 9.17) is 4.74 Å². The molecule has 3 rings (SSSR count). The number of amides is 2. The van der Waals surface area contributed by atoms with Crippen LogP contribution in [-0.2, 0) is 4.74 Å². The van der Waals surface area contributed by atoms with Crippen molar-refractivity contribution in [3.05, 3.63) is 30.3 Å². The average Bonchev–Trinajstić information content (AvgIpc) is 3.14. The molecule has 0 spiro atoms. The molecule has 1 saturated carbocycles. The van der Waals surface area contributed by atoms with Gasteiger partial charge in [-0.3, -0.25) is 0 Å². The highest BCUT2D eigenvalue weighted by atomic mass is 16.5. The highest BCUT2D eigenvalue weighted by Gasteiger charge is 2.34. The molecule has 0 unspecified atom stereocenters. The van der Waals surface area contributed by atoms with Gasteiger partial charge in [0, 0.05) is 30.8 Å². The van der Waals surface area contributed by atoms with Gasteiger partial charge in [-0.2, -0.15) is 0 Å². The van der Waals surface area contributed by atoms with E-state index in [0.717, 1.165) is 44.7 Å². The third-order valence-corrected chi connectivity index (χ3v) is 3.75. The van der Waals surface area contributed by atoms with Crippen molar-refractivity contribution in [2.45, 2.75) is 25.3 Å². The Kier molecular flexibility index (Phi) is 3.69. The molecule has 1 aromatic carbocycles. The number of hydrogen-bond donors (Lipinski definition) is 1. The normalized spacial score (nSPS) is 22.2. The van der Waals surface area contributed by atoms with Crippen molar-refractivity contribution in [3.8, 4) is 0 Å². The summed E-state index contributed by atoms with van der Waals surface area (Å²) >= 11 is 0. The van der Waals surface area contributed by atoms with Crippen molar-refractivity contribution < 1.29 is 9.53 Å². The van der Waals surface area contributed by atoms with E-state index >= 15 is 0 Å².